The molecule has 0 aromatic heterocycles. The van der Waals surface area contributed by atoms with Gasteiger partial charge in [0.1, 0.15) is 11.5 Å². The van der Waals surface area contributed by atoms with Gasteiger partial charge in [-0.3, -0.25) is 9.69 Å². The van der Waals surface area contributed by atoms with E-state index >= 15 is 0 Å². The lowest BCUT2D eigenvalue weighted by atomic mass is 9.82. The number of ether oxygens (including phenoxy) is 1. The van der Waals surface area contributed by atoms with Crippen LogP contribution in [0.1, 0.15) is 11.1 Å². The lowest BCUT2D eigenvalue weighted by Crippen LogP contribution is -2.41. The molecule has 0 radical (unpaired) electrons. The zero-order valence-corrected chi connectivity index (χ0v) is 14.2. The van der Waals surface area contributed by atoms with Gasteiger partial charge in [-0.1, -0.05) is 29.8 Å². The molecule has 1 unspecified atom stereocenters. The SMILES string of the molecule is CN1C(=O)C(c2cccc(O)c2)(c2ccc(OC(F)F)c(Cl)c2)N=C1N. The van der Waals surface area contributed by atoms with E-state index in [-0.39, 0.29) is 22.5 Å². The molecule has 1 atom stereocenters. The van der Waals surface area contributed by atoms with Crippen molar-refractivity contribution >= 4 is 23.5 Å². The fourth-order valence-electron chi connectivity index (χ4n) is 2.83. The number of amides is 1. The predicted octanol–water partition coefficient (Wildman–Crippen LogP) is 2.68. The highest BCUT2D eigenvalue weighted by molar-refractivity contribution is 6.32. The Labute approximate surface area is 152 Å². The van der Waals surface area contributed by atoms with Gasteiger partial charge in [0.25, 0.3) is 5.91 Å². The van der Waals surface area contributed by atoms with Crippen LogP contribution in [0, 0.1) is 0 Å². The van der Waals surface area contributed by atoms with Crippen LogP contribution < -0.4 is 10.5 Å². The zero-order valence-electron chi connectivity index (χ0n) is 13.5. The van der Waals surface area contributed by atoms with E-state index in [9.17, 15) is 18.7 Å². The van der Waals surface area contributed by atoms with Crippen molar-refractivity contribution < 1.29 is 23.4 Å². The fraction of sp³-hybridized carbons (Fsp3) is 0.176. The van der Waals surface area contributed by atoms with E-state index in [1.807, 2.05) is 0 Å². The van der Waals surface area contributed by atoms with E-state index in [0.29, 0.717) is 11.1 Å². The molecule has 0 saturated heterocycles. The molecule has 1 amide bonds. The molecule has 0 aliphatic carbocycles. The normalized spacial score (nSPS) is 19.8. The Morgan fingerprint density at radius 3 is 2.50 bits per heavy atom. The summed E-state index contributed by atoms with van der Waals surface area (Å²) in [6.07, 6.45) is 0. The second kappa shape index (κ2) is 6.45. The highest BCUT2D eigenvalue weighted by Gasteiger charge is 2.49. The fourth-order valence-corrected chi connectivity index (χ4v) is 3.06. The Bertz CT molecular complexity index is 907. The molecule has 3 N–H and O–H groups in total. The quantitative estimate of drug-likeness (QED) is 0.852. The minimum absolute atomic E-state index is 0.0256. The number of guanidine groups is 1. The van der Waals surface area contributed by atoms with Gasteiger partial charge < -0.3 is 15.6 Å². The van der Waals surface area contributed by atoms with Crippen LogP contribution in [0.25, 0.3) is 0 Å². The first-order valence-electron chi connectivity index (χ1n) is 7.43. The molecule has 136 valence electrons. The molecular weight excluding hydrogens is 368 g/mol. The Balaban J connectivity index is 2.21. The van der Waals surface area contributed by atoms with Crippen molar-refractivity contribution in [3.8, 4) is 11.5 Å². The molecule has 2 aromatic carbocycles. The van der Waals surface area contributed by atoms with Crippen molar-refractivity contribution in [1.82, 2.24) is 4.90 Å². The molecule has 1 aliphatic rings. The number of carbonyl (C=O) groups is 1. The molecule has 0 spiro atoms. The van der Waals surface area contributed by atoms with Gasteiger partial charge in [-0.25, -0.2) is 4.99 Å². The van der Waals surface area contributed by atoms with Gasteiger partial charge in [-0.15, -0.1) is 0 Å². The number of nitrogens with zero attached hydrogens (tertiary/aromatic N) is 2. The van der Waals surface area contributed by atoms with Gasteiger partial charge >= 0.3 is 6.61 Å². The number of nitrogens with two attached hydrogens (primary N) is 1. The first-order valence-corrected chi connectivity index (χ1v) is 7.81. The van der Waals surface area contributed by atoms with E-state index < -0.39 is 18.1 Å². The molecule has 2 aromatic rings. The van der Waals surface area contributed by atoms with Crippen molar-refractivity contribution in [2.75, 3.05) is 7.05 Å². The van der Waals surface area contributed by atoms with E-state index in [0.717, 1.165) is 0 Å². The minimum Gasteiger partial charge on any atom is -0.508 e. The van der Waals surface area contributed by atoms with Crippen molar-refractivity contribution in [3.63, 3.8) is 0 Å². The summed E-state index contributed by atoms with van der Waals surface area (Å²) >= 11 is 6.04. The third kappa shape index (κ3) is 2.82. The number of phenolic OH excluding ortho intramolecular Hbond substituents is 1. The van der Waals surface area contributed by atoms with Crippen molar-refractivity contribution in [2.45, 2.75) is 12.2 Å². The summed E-state index contributed by atoms with van der Waals surface area (Å²) in [5, 5.41) is 9.70. The smallest absolute Gasteiger partial charge is 0.387 e. The average molecular weight is 382 g/mol. The maximum Gasteiger partial charge on any atom is 0.387 e. The highest BCUT2D eigenvalue weighted by Crippen LogP contribution is 2.42. The number of benzene rings is 2. The Kier molecular flexibility index (Phi) is 4.45. The van der Waals surface area contributed by atoms with Crippen LogP contribution in [0.4, 0.5) is 8.78 Å². The number of aromatic hydroxyl groups is 1. The molecule has 26 heavy (non-hydrogen) atoms. The predicted molar refractivity (Wildman–Crippen MR) is 91.4 cm³/mol. The maximum absolute atomic E-state index is 13.0. The van der Waals surface area contributed by atoms with Gasteiger partial charge in [0, 0.05) is 7.05 Å². The summed E-state index contributed by atoms with van der Waals surface area (Å²) in [6, 6.07) is 9.93. The van der Waals surface area contributed by atoms with Crippen LogP contribution in [0.15, 0.2) is 47.5 Å². The molecular formula is C17H14ClF2N3O3. The van der Waals surface area contributed by atoms with Gasteiger partial charge in [0.15, 0.2) is 11.5 Å². The summed E-state index contributed by atoms with van der Waals surface area (Å²) in [5.41, 5.74) is 4.89. The minimum atomic E-state index is -3.04. The molecule has 9 heteroatoms. The first-order chi connectivity index (χ1) is 12.3. The number of aliphatic imine (C=N–C) groups is 1. The monoisotopic (exact) mass is 381 g/mol. The molecule has 3 rings (SSSR count). The topological polar surface area (TPSA) is 88.2 Å². The van der Waals surface area contributed by atoms with Gasteiger partial charge in [0.2, 0.25) is 0 Å². The van der Waals surface area contributed by atoms with E-state index in [2.05, 4.69) is 9.73 Å². The zero-order chi connectivity index (χ0) is 19.1. The molecule has 0 saturated carbocycles. The lowest BCUT2D eigenvalue weighted by Gasteiger charge is -2.26. The Hall–Kier alpha value is -2.87. The molecule has 0 bridgehead atoms. The summed E-state index contributed by atoms with van der Waals surface area (Å²) in [5.74, 6) is -0.796. The molecule has 0 fully saturated rings. The largest absolute Gasteiger partial charge is 0.508 e. The van der Waals surface area contributed by atoms with Crippen LogP contribution in [-0.4, -0.2) is 35.5 Å². The summed E-state index contributed by atoms with van der Waals surface area (Å²) in [6.45, 7) is -3.04. The van der Waals surface area contributed by atoms with E-state index in [1.165, 1.54) is 42.3 Å². The molecule has 1 aliphatic heterocycles. The van der Waals surface area contributed by atoms with Gasteiger partial charge in [-0.2, -0.15) is 8.78 Å². The Morgan fingerprint density at radius 2 is 1.96 bits per heavy atom. The lowest BCUT2D eigenvalue weighted by molar-refractivity contribution is -0.129. The summed E-state index contributed by atoms with van der Waals surface area (Å²) in [7, 11) is 1.46. The number of alkyl halides is 2. The third-order valence-electron chi connectivity index (χ3n) is 4.07. The number of hydrogen-bond donors (Lipinski definition) is 2. The second-order valence-electron chi connectivity index (χ2n) is 5.62. The number of rotatable bonds is 4. The van der Waals surface area contributed by atoms with Crippen molar-refractivity contribution in [1.29, 1.82) is 0 Å². The van der Waals surface area contributed by atoms with Gasteiger partial charge in [-0.05, 0) is 35.4 Å². The van der Waals surface area contributed by atoms with E-state index in [1.54, 1.807) is 12.1 Å². The van der Waals surface area contributed by atoms with Gasteiger partial charge in [0.05, 0.1) is 5.02 Å². The van der Waals surface area contributed by atoms with Crippen molar-refractivity contribution in [2.24, 2.45) is 10.7 Å². The number of phenols is 1. The molecule has 1 heterocycles. The number of halogens is 3. The summed E-state index contributed by atoms with van der Waals surface area (Å²) in [4.78, 5) is 18.5. The van der Waals surface area contributed by atoms with Crippen LogP contribution in [0.2, 0.25) is 5.02 Å². The van der Waals surface area contributed by atoms with Crippen LogP contribution in [0.5, 0.6) is 11.5 Å². The summed E-state index contributed by atoms with van der Waals surface area (Å²) < 4.78 is 29.2. The molecule has 6 nitrogen and oxygen atoms in total. The van der Waals surface area contributed by atoms with Crippen LogP contribution >= 0.6 is 11.6 Å². The third-order valence-corrected chi connectivity index (χ3v) is 4.37. The number of carbonyl (C=O) groups excluding carboxylic acids is 1. The standard InChI is InChI=1S/C17H14ClF2N3O3/c1-23-14(25)17(22-16(23)21,9-3-2-4-11(24)7-9)10-5-6-13(12(18)8-10)26-15(19)20/h2-8,15,24H,1H3,(H2,21,22). The maximum atomic E-state index is 13.0. The van der Waals surface area contributed by atoms with Crippen LogP contribution in [0.3, 0.4) is 0 Å². The van der Waals surface area contributed by atoms with Crippen molar-refractivity contribution in [3.05, 3.63) is 58.6 Å². The number of likely N-dealkylation sites (N-methyl/N-ethyl adjacent to an activating group) is 1. The number of hydrogen-bond acceptors (Lipinski definition) is 5. The van der Waals surface area contributed by atoms with E-state index in [4.69, 9.17) is 17.3 Å². The first kappa shape index (κ1) is 17.9. The second-order valence-corrected chi connectivity index (χ2v) is 6.03. The Morgan fingerprint density at radius 1 is 1.27 bits per heavy atom. The average Bonchev–Trinajstić information content (AvgIpc) is 2.81. The van der Waals surface area contributed by atoms with Crippen LogP contribution in [-0.2, 0) is 10.3 Å². The highest BCUT2D eigenvalue weighted by atomic mass is 35.5.